The fraction of sp³-hybridized carbons (Fsp3) is 0.273. The van der Waals surface area contributed by atoms with Crippen molar-refractivity contribution in [1.29, 1.82) is 0 Å². The minimum atomic E-state index is -1.04. The van der Waals surface area contributed by atoms with Crippen LogP contribution in [0.5, 0.6) is 0 Å². The Morgan fingerprint density at radius 1 is 1.53 bits per heavy atom. The van der Waals surface area contributed by atoms with Crippen LogP contribution in [0.2, 0.25) is 0 Å². The molecule has 1 aromatic carbocycles. The zero-order valence-electron chi connectivity index (χ0n) is 9.30. The summed E-state index contributed by atoms with van der Waals surface area (Å²) in [4.78, 5) is 22.1. The van der Waals surface area contributed by atoms with Gasteiger partial charge in [0.25, 0.3) is 0 Å². The van der Waals surface area contributed by atoms with Gasteiger partial charge in [-0.05, 0) is 25.1 Å². The van der Waals surface area contributed by atoms with Gasteiger partial charge in [0.2, 0.25) is 5.91 Å². The highest BCUT2D eigenvalue weighted by Gasteiger charge is 2.27. The number of nitrogens with two attached hydrogens (primary N) is 1. The Bertz CT molecular complexity index is 487. The molecule has 1 atom stereocenters. The van der Waals surface area contributed by atoms with Crippen molar-refractivity contribution >= 4 is 23.3 Å². The second-order valence-electron chi connectivity index (χ2n) is 4.08. The van der Waals surface area contributed by atoms with Crippen molar-refractivity contribution in [2.45, 2.75) is 19.4 Å². The van der Waals surface area contributed by atoms with Gasteiger partial charge < -0.3 is 10.8 Å². The van der Waals surface area contributed by atoms with E-state index in [1.165, 1.54) is 12.1 Å². The van der Waals surface area contributed by atoms with E-state index in [1.807, 2.05) is 6.92 Å². The molecule has 0 saturated carbocycles. The summed E-state index contributed by atoms with van der Waals surface area (Å²) in [6.45, 7) is 1.88. The molecule has 1 unspecified atom stereocenters. The molecule has 1 aliphatic rings. The Morgan fingerprint density at radius 3 is 2.76 bits per heavy atom. The smallest absolute Gasteiger partial charge is 0.335 e. The Balaban J connectivity index is 2.38. The van der Waals surface area contributed by atoms with Crippen molar-refractivity contribution in [1.82, 2.24) is 5.43 Å². The van der Waals surface area contributed by atoms with Gasteiger partial charge in [0.1, 0.15) is 0 Å². The van der Waals surface area contributed by atoms with Gasteiger partial charge in [0, 0.05) is 5.69 Å². The van der Waals surface area contributed by atoms with Gasteiger partial charge in [-0.15, -0.1) is 0 Å². The number of nitrogens with zero attached hydrogens (tertiary/aromatic N) is 1. The molecule has 1 aromatic rings. The molecule has 1 amide bonds. The number of carbonyl (C=O) groups is 2. The first-order valence-electron chi connectivity index (χ1n) is 5.20. The fourth-order valence-electron chi connectivity index (χ4n) is 1.87. The lowest BCUT2D eigenvalue weighted by Gasteiger charge is -2.23. The van der Waals surface area contributed by atoms with E-state index in [0.29, 0.717) is 17.8 Å². The zero-order valence-corrected chi connectivity index (χ0v) is 9.30. The van der Waals surface area contributed by atoms with Crippen LogP contribution in [0, 0.1) is 0 Å². The van der Waals surface area contributed by atoms with Gasteiger partial charge in [0.15, 0.2) is 0 Å². The average molecular weight is 235 g/mol. The van der Waals surface area contributed by atoms with E-state index in [4.69, 9.17) is 10.8 Å². The quantitative estimate of drug-likeness (QED) is 0.652. The molecule has 0 radical (unpaired) electrons. The molecule has 1 heterocycles. The van der Waals surface area contributed by atoms with E-state index >= 15 is 0 Å². The lowest BCUT2D eigenvalue weighted by Crippen LogP contribution is -2.37. The number of anilines is 2. The normalized spacial score (nSPS) is 19.2. The Labute approximate surface area is 98.0 Å². The summed E-state index contributed by atoms with van der Waals surface area (Å²) in [6, 6.07) is 4.48. The van der Waals surface area contributed by atoms with Crippen LogP contribution in [-0.2, 0) is 4.79 Å². The first-order chi connectivity index (χ1) is 7.97. The SMILES string of the molecule is CC1CC(=O)NN1c1cc(N)cc(C(=O)O)c1. The number of hydrogen-bond donors (Lipinski definition) is 3. The maximum Gasteiger partial charge on any atom is 0.335 e. The van der Waals surface area contributed by atoms with Crippen LogP contribution in [0.25, 0.3) is 0 Å². The van der Waals surface area contributed by atoms with Crippen LogP contribution in [0.15, 0.2) is 18.2 Å². The van der Waals surface area contributed by atoms with Gasteiger partial charge >= 0.3 is 5.97 Å². The molecule has 0 spiro atoms. The van der Waals surface area contributed by atoms with Crippen molar-refractivity contribution in [2.24, 2.45) is 0 Å². The Hall–Kier alpha value is -2.24. The highest BCUT2D eigenvalue weighted by molar-refractivity contribution is 5.91. The van der Waals surface area contributed by atoms with Crippen molar-refractivity contribution in [3.8, 4) is 0 Å². The van der Waals surface area contributed by atoms with Crippen molar-refractivity contribution in [2.75, 3.05) is 10.7 Å². The van der Waals surface area contributed by atoms with Crippen LogP contribution in [0.4, 0.5) is 11.4 Å². The third-order valence-corrected chi connectivity index (χ3v) is 2.63. The molecule has 0 bridgehead atoms. The van der Waals surface area contributed by atoms with Gasteiger partial charge in [-0.1, -0.05) is 0 Å². The molecule has 4 N–H and O–H groups in total. The molecule has 2 rings (SSSR count). The number of nitrogens with one attached hydrogen (secondary N) is 1. The maximum atomic E-state index is 11.2. The number of rotatable bonds is 2. The molecule has 6 nitrogen and oxygen atoms in total. The summed E-state index contributed by atoms with van der Waals surface area (Å²) in [7, 11) is 0. The molecule has 6 heteroatoms. The van der Waals surface area contributed by atoms with Crippen LogP contribution in [-0.4, -0.2) is 23.0 Å². The Morgan fingerprint density at radius 2 is 2.24 bits per heavy atom. The topological polar surface area (TPSA) is 95.7 Å². The van der Waals surface area contributed by atoms with E-state index in [2.05, 4.69) is 5.43 Å². The number of carbonyl (C=O) groups excluding carboxylic acids is 1. The third-order valence-electron chi connectivity index (χ3n) is 2.63. The molecular weight excluding hydrogens is 222 g/mol. The zero-order chi connectivity index (χ0) is 12.6. The number of aromatic carboxylic acids is 1. The van der Waals surface area contributed by atoms with E-state index in [-0.39, 0.29) is 17.5 Å². The molecular formula is C11H13N3O3. The molecule has 0 aliphatic carbocycles. The predicted molar refractivity (Wildman–Crippen MR) is 62.5 cm³/mol. The van der Waals surface area contributed by atoms with Crippen molar-refractivity contribution < 1.29 is 14.7 Å². The van der Waals surface area contributed by atoms with Gasteiger partial charge in [-0.25, -0.2) is 4.79 Å². The van der Waals surface area contributed by atoms with Gasteiger partial charge in [0.05, 0.1) is 23.7 Å². The van der Waals surface area contributed by atoms with Crippen molar-refractivity contribution in [3.05, 3.63) is 23.8 Å². The number of hydrogen-bond acceptors (Lipinski definition) is 4. The number of nitrogen functional groups attached to an aromatic ring is 1. The highest BCUT2D eigenvalue weighted by Crippen LogP contribution is 2.24. The predicted octanol–water partition coefficient (Wildman–Crippen LogP) is 0.597. The lowest BCUT2D eigenvalue weighted by molar-refractivity contribution is -0.119. The summed E-state index contributed by atoms with van der Waals surface area (Å²) in [5.74, 6) is -1.13. The molecule has 90 valence electrons. The van der Waals surface area contributed by atoms with Crippen molar-refractivity contribution in [3.63, 3.8) is 0 Å². The van der Waals surface area contributed by atoms with Crippen LogP contribution < -0.4 is 16.2 Å². The number of carboxylic acid groups (broad SMARTS) is 1. The second kappa shape index (κ2) is 3.97. The average Bonchev–Trinajstić information content (AvgIpc) is 2.57. The van der Waals surface area contributed by atoms with E-state index in [1.54, 1.807) is 11.1 Å². The minimum absolute atomic E-state index is 0.0223. The van der Waals surface area contributed by atoms with E-state index in [0.717, 1.165) is 0 Å². The van der Waals surface area contributed by atoms with Crippen LogP contribution >= 0.6 is 0 Å². The maximum absolute atomic E-state index is 11.2. The summed E-state index contributed by atoms with van der Waals surface area (Å²) >= 11 is 0. The number of hydrazine groups is 1. The molecule has 1 saturated heterocycles. The van der Waals surface area contributed by atoms with Gasteiger partial charge in [-0.3, -0.25) is 15.2 Å². The van der Waals surface area contributed by atoms with E-state index in [9.17, 15) is 9.59 Å². The largest absolute Gasteiger partial charge is 0.478 e. The summed E-state index contributed by atoms with van der Waals surface area (Å²) in [5.41, 5.74) is 9.35. The lowest BCUT2D eigenvalue weighted by atomic mass is 10.1. The highest BCUT2D eigenvalue weighted by atomic mass is 16.4. The number of carboxylic acids is 1. The van der Waals surface area contributed by atoms with Gasteiger partial charge in [-0.2, -0.15) is 0 Å². The van der Waals surface area contributed by atoms with Crippen LogP contribution in [0.1, 0.15) is 23.7 Å². The first-order valence-corrected chi connectivity index (χ1v) is 5.20. The Kier molecular flexibility index (Phi) is 2.63. The summed E-state index contributed by atoms with van der Waals surface area (Å²) < 4.78 is 0. The summed E-state index contributed by atoms with van der Waals surface area (Å²) in [5, 5.41) is 10.6. The summed E-state index contributed by atoms with van der Waals surface area (Å²) in [6.07, 6.45) is 0.386. The molecule has 1 aliphatic heterocycles. The monoisotopic (exact) mass is 235 g/mol. The molecule has 0 aromatic heterocycles. The number of benzene rings is 1. The fourth-order valence-corrected chi connectivity index (χ4v) is 1.87. The standard InChI is InChI=1S/C11H13N3O3/c1-6-2-10(15)13-14(6)9-4-7(11(16)17)3-8(12)5-9/h3-6H,2,12H2,1H3,(H,13,15)(H,16,17). The third kappa shape index (κ3) is 2.15. The number of amides is 1. The minimum Gasteiger partial charge on any atom is -0.478 e. The van der Waals surface area contributed by atoms with Crippen LogP contribution in [0.3, 0.4) is 0 Å². The van der Waals surface area contributed by atoms with E-state index < -0.39 is 5.97 Å². The second-order valence-corrected chi connectivity index (χ2v) is 4.08. The molecule has 17 heavy (non-hydrogen) atoms. The first kappa shape index (κ1) is 11.3. The molecule has 1 fully saturated rings.